The molecule has 21 heavy (non-hydrogen) atoms. The minimum Gasteiger partial charge on any atom is -0.340 e. The van der Waals surface area contributed by atoms with Crippen LogP contribution in [0, 0.1) is 17.8 Å². The molecule has 120 valence electrons. The largest absolute Gasteiger partial charge is 0.340 e. The SMILES string of the molecule is CCC(C)C1CCC(N2CCN(C(=O)C3CC3)CC2)CC1. The standard InChI is InChI=1S/C18H32N2O/c1-3-14(2)15-6-8-17(9-7-15)19-10-12-20(13-11-19)18(21)16-4-5-16/h14-17H,3-13H2,1-2H3. The van der Waals surface area contributed by atoms with Crippen LogP contribution in [0.1, 0.15) is 58.8 Å². The number of nitrogens with zero attached hydrogens (tertiary/aromatic N) is 2. The van der Waals surface area contributed by atoms with Crippen molar-refractivity contribution in [3.05, 3.63) is 0 Å². The van der Waals surface area contributed by atoms with Gasteiger partial charge in [-0.05, 0) is 50.4 Å². The first-order valence-corrected chi connectivity index (χ1v) is 9.22. The number of amides is 1. The summed E-state index contributed by atoms with van der Waals surface area (Å²) in [7, 11) is 0. The third-order valence-corrected chi connectivity index (χ3v) is 6.26. The van der Waals surface area contributed by atoms with E-state index in [9.17, 15) is 4.79 Å². The van der Waals surface area contributed by atoms with Crippen LogP contribution >= 0.6 is 0 Å². The Bertz CT molecular complexity index is 350. The molecule has 0 N–H and O–H groups in total. The topological polar surface area (TPSA) is 23.6 Å². The van der Waals surface area contributed by atoms with Crippen molar-refractivity contribution in [3.63, 3.8) is 0 Å². The second kappa shape index (κ2) is 6.68. The molecule has 0 radical (unpaired) electrons. The van der Waals surface area contributed by atoms with Crippen LogP contribution in [0.2, 0.25) is 0 Å². The van der Waals surface area contributed by atoms with E-state index in [1.54, 1.807) is 0 Å². The first-order chi connectivity index (χ1) is 10.2. The molecule has 0 aromatic rings. The fourth-order valence-corrected chi connectivity index (χ4v) is 4.27. The maximum Gasteiger partial charge on any atom is 0.225 e. The maximum absolute atomic E-state index is 12.1. The Morgan fingerprint density at radius 2 is 1.62 bits per heavy atom. The molecular formula is C18H32N2O. The molecule has 1 aliphatic heterocycles. The van der Waals surface area contributed by atoms with E-state index in [0.29, 0.717) is 11.8 Å². The van der Waals surface area contributed by atoms with E-state index in [-0.39, 0.29) is 0 Å². The predicted molar refractivity (Wildman–Crippen MR) is 86.1 cm³/mol. The Balaban J connectivity index is 1.42. The maximum atomic E-state index is 12.1. The average Bonchev–Trinajstić information content (AvgIpc) is 3.39. The Morgan fingerprint density at radius 1 is 1.00 bits per heavy atom. The summed E-state index contributed by atoms with van der Waals surface area (Å²) in [6, 6.07) is 0.795. The molecule has 1 unspecified atom stereocenters. The Morgan fingerprint density at radius 3 is 2.14 bits per heavy atom. The van der Waals surface area contributed by atoms with Crippen molar-refractivity contribution in [2.45, 2.75) is 64.8 Å². The summed E-state index contributed by atoms with van der Waals surface area (Å²) in [5.41, 5.74) is 0. The van der Waals surface area contributed by atoms with Crippen LogP contribution in [0.25, 0.3) is 0 Å². The van der Waals surface area contributed by atoms with Crippen molar-refractivity contribution in [3.8, 4) is 0 Å². The van der Waals surface area contributed by atoms with Crippen LogP contribution in [0.5, 0.6) is 0 Å². The van der Waals surface area contributed by atoms with Crippen molar-refractivity contribution < 1.29 is 4.79 Å². The molecule has 3 fully saturated rings. The van der Waals surface area contributed by atoms with Crippen molar-refractivity contribution in [2.24, 2.45) is 17.8 Å². The zero-order chi connectivity index (χ0) is 14.8. The van der Waals surface area contributed by atoms with Crippen molar-refractivity contribution in [1.29, 1.82) is 0 Å². The van der Waals surface area contributed by atoms with Crippen LogP contribution in [0.3, 0.4) is 0 Å². The number of carbonyl (C=O) groups excluding carboxylic acids is 1. The summed E-state index contributed by atoms with van der Waals surface area (Å²) < 4.78 is 0. The molecular weight excluding hydrogens is 260 g/mol. The fourth-order valence-electron chi connectivity index (χ4n) is 4.27. The van der Waals surface area contributed by atoms with Gasteiger partial charge in [-0.15, -0.1) is 0 Å². The lowest BCUT2D eigenvalue weighted by molar-refractivity contribution is -0.134. The number of piperazine rings is 1. The highest BCUT2D eigenvalue weighted by atomic mass is 16.2. The van der Waals surface area contributed by atoms with Crippen LogP contribution < -0.4 is 0 Å². The number of hydrogen-bond acceptors (Lipinski definition) is 2. The van der Waals surface area contributed by atoms with Crippen LogP contribution in [-0.4, -0.2) is 47.9 Å². The van der Waals surface area contributed by atoms with Crippen molar-refractivity contribution >= 4 is 5.91 Å². The second-order valence-corrected chi connectivity index (χ2v) is 7.59. The van der Waals surface area contributed by atoms with E-state index in [2.05, 4.69) is 23.6 Å². The summed E-state index contributed by atoms with van der Waals surface area (Å²) in [6.07, 6.45) is 9.20. The van der Waals surface area contributed by atoms with Crippen LogP contribution in [0.4, 0.5) is 0 Å². The lowest BCUT2D eigenvalue weighted by atomic mass is 9.77. The quantitative estimate of drug-likeness (QED) is 0.794. The molecule has 2 saturated carbocycles. The summed E-state index contributed by atoms with van der Waals surface area (Å²) in [5.74, 6) is 2.69. The number of hydrogen-bond donors (Lipinski definition) is 0. The molecule has 1 atom stereocenters. The van der Waals surface area contributed by atoms with E-state index in [1.165, 1.54) is 32.1 Å². The smallest absolute Gasteiger partial charge is 0.225 e. The zero-order valence-corrected chi connectivity index (χ0v) is 13.9. The Kier molecular flexibility index (Phi) is 4.88. The summed E-state index contributed by atoms with van der Waals surface area (Å²) >= 11 is 0. The molecule has 3 heteroatoms. The molecule has 0 aromatic carbocycles. The highest BCUT2D eigenvalue weighted by molar-refractivity contribution is 5.81. The fraction of sp³-hybridized carbons (Fsp3) is 0.944. The number of rotatable bonds is 4. The molecule has 0 aromatic heterocycles. The van der Waals surface area contributed by atoms with E-state index >= 15 is 0 Å². The highest BCUT2D eigenvalue weighted by Crippen LogP contribution is 2.34. The van der Waals surface area contributed by atoms with Gasteiger partial charge < -0.3 is 4.90 Å². The Hall–Kier alpha value is -0.570. The van der Waals surface area contributed by atoms with E-state index in [4.69, 9.17) is 0 Å². The normalized spacial score (nSPS) is 33.0. The van der Waals surface area contributed by atoms with Crippen molar-refractivity contribution in [1.82, 2.24) is 9.80 Å². The molecule has 3 aliphatic rings. The van der Waals surface area contributed by atoms with E-state index < -0.39 is 0 Å². The van der Waals surface area contributed by atoms with E-state index in [0.717, 1.165) is 56.9 Å². The molecule has 3 nitrogen and oxygen atoms in total. The van der Waals surface area contributed by atoms with Gasteiger partial charge in [-0.2, -0.15) is 0 Å². The summed E-state index contributed by atoms with van der Waals surface area (Å²) in [5, 5.41) is 0. The molecule has 2 aliphatic carbocycles. The first-order valence-electron chi connectivity index (χ1n) is 9.22. The summed E-state index contributed by atoms with van der Waals surface area (Å²) in [6.45, 7) is 8.91. The van der Waals surface area contributed by atoms with Gasteiger partial charge in [0.2, 0.25) is 5.91 Å². The molecule has 3 rings (SSSR count). The zero-order valence-electron chi connectivity index (χ0n) is 13.9. The van der Waals surface area contributed by atoms with Gasteiger partial charge in [0.1, 0.15) is 0 Å². The predicted octanol–water partition coefficient (Wildman–Crippen LogP) is 3.15. The lowest BCUT2D eigenvalue weighted by Crippen LogP contribution is -2.53. The molecule has 1 amide bonds. The number of carbonyl (C=O) groups is 1. The monoisotopic (exact) mass is 292 g/mol. The second-order valence-electron chi connectivity index (χ2n) is 7.59. The van der Waals surface area contributed by atoms with Gasteiger partial charge in [0.25, 0.3) is 0 Å². The molecule has 0 bridgehead atoms. The van der Waals surface area contributed by atoms with Gasteiger partial charge in [0.15, 0.2) is 0 Å². The van der Waals surface area contributed by atoms with E-state index in [1.807, 2.05) is 0 Å². The van der Waals surface area contributed by atoms with Crippen molar-refractivity contribution in [2.75, 3.05) is 26.2 Å². The first kappa shape index (κ1) is 15.3. The van der Waals surface area contributed by atoms with Crippen LogP contribution in [-0.2, 0) is 4.79 Å². The lowest BCUT2D eigenvalue weighted by Gasteiger charge is -2.42. The summed E-state index contributed by atoms with van der Waals surface area (Å²) in [4.78, 5) is 16.9. The van der Waals surface area contributed by atoms with Gasteiger partial charge >= 0.3 is 0 Å². The molecule has 0 spiro atoms. The van der Waals surface area contributed by atoms with Gasteiger partial charge in [0.05, 0.1) is 0 Å². The molecule has 1 saturated heterocycles. The molecule has 1 heterocycles. The van der Waals surface area contributed by atoms with Gasteiger partial charge in [0, 0.05) is 38.1 Å². The average molecular weight is 292 g/mol. The van der Waals surface area contributed by atoms with Gasteiger partial charge in [-0.3, -0.25) is 9.69 Å². The minimum atomic E-state index is 0.391. The van der Waals surface area contributed by atoms with Gasteiger partial charge in [-0.25, -0.2) is 0 Å². The third-order valence-electron chi connectivity index (χ3n) is 6.26. The Labute approximate surface area is 130 Å². The third kappa shape index (κ3) is 3.61. The van der Waals surface area contributed by atoms with Gasteiger partial charge in [-0.1, -0.05) is 20.3 Å². The van der Waals surface area contributed by atoms with Crippen LogP contribution in [0.15, 0.2) is 0 Å². The highest BCUT2D eigenvalue weighted by Gasteiger charge is 2.36. The minimum absolute atomic E-state index is 0.391.